The Balaban J connectivity index is 2.58. The first-order valence-corrected chi connectivity index (χ1v) is 4.38. The predicted octanol–water partition coefficient (Wildman–Crippen LogP) is 1.22. The van der Waals surface area contributed by atoms with Gasteiger partial charge in [0.05, 0.1) is 5.69 Å². The van der Waals surface area contributed by atoms with Gasteiger partial charge in [-0.15, -0.1) is 11.3 Å². The molecule has 4 nitrogen and oxygen atoms in total. The summed E-state index contributed by atoms with van der Waals surface area (Å²) in [6, 6.07) is 0. The van der Waals surface area contributed by atoms with Crippen LogP contribution in [0.2, 0.25) is 0 Å². The number of aryl methyl sites for hydroxylation is 2. The third-order valence-corrected chi connectivity index (χ3v) is 2.36. The van der Waals surface area contributed by atoms with Crippen molar-refractivity contribution in [1.29, 1.82) is 0 Å². The Morgan fingerprint density at radius 2 is 2.17 bits per heavy atom. The number of hydrogen-bond donors (Lipinski definition) is 2. The SMILES string of the molecule is CC(=O)NNc1nc(C)c(C)s1. The van der Waals surface area contributed by atoms with Gasteiger partial charge in [0.2, 0.25) is 11.0 Å². The highest BCUT2D eigenvalue weighted by Gasteiger charge is 2.01. The number of anilines is 1. The van der Waals surface area contributed by atoms with Crippen LogP contribution < -0.4 is 10.9 Å². The van der Waals surface area contributed by atoms with E-state index < -0.39 is 0 Å². The molecule has 5 heteroatoms. The van der Waals surface area contributed by atoms with Gasteiger partial charge in [0.15, 0.2) is 0 Å². The molecule has 0 aromatic carbocycles. The van der Waals surface area contributed by atoms with Crippen molar-refractivity contribution >= 4 is 22.4 Å². The standard InChI is InChI=1S/C7H11N3OS/c1-4-5(2)12-7(8-4)10-9-6(3)11/h1-3H3,(H,8,10)(H,9,11). The highest BCUT2D eigenvalue weighted by atomic mass is 32.1. The van der Waals surface area contributed by atoms with E-state index in [2.05, 4.69) is 15.8 Å². The fourth-order valence-corrected chi connectivity index (χ4v) is 1.44. The second kappa shape index (κ2) is 3.53. The Labute approximate surface area is 75.0 Å². The van der Waals surface area contributed by atoms with Crippen molar-refractivity contribution in [3.05, 3.63) is 10.6 Å². The Bertz CT molecular complexity index is 275. The van der Waals surface area contributed by atoms with Gasteiger partial charge in [0.1, 0.15) is 0 Å². The summed E-state index contributed by atoms with van der Waals surface area (Å²) in [5, 5.41) is 0.722. The van der Waals surface area contributed by atoms with Gasteiger partial charge in [-0.05, 0) is 13.8 Å². The molecule has 0 unspecified atom stereocenters. The third kappa shape index (κ3) is 2.20. The van der Waals surface area contributed by atoms with Crippen LogP contribution in [0.15, 0.2) is 0 Å². The van der Waals surface area contributed by atoms with Gasteiger partial charge >= 0.3 is 0 Å². The second-order valence-electron chi connectivity index (χ2n) is 2.47. The van der Waals surface area contributed by atoms with Crippen molar-refractivity contribution in [2.45, 2.75) is 20.8 Å². The summed E-state index contributed by atoms with van der Waals surface area (Å²) < 4.78 is 0. The molecule has 0 saturated carbocycles. The zero-order chi connectivity index (χ0) is 9.14. The Morgan fingerprint density at radius 1 is 1.50 bits per heavy atom. The molecule has 1 amide bonds. The molecule has 0 bridgehead atoms. The first-order chi connectivity index (χ1) is 5.59. The molecule has 0 aliphatic carbocycles. The number of amides is 1. The summed E-state index contributed by atoms with van der Waals surface area (Å²) in [6.45, 7) is 5.37. The normalized spacial score (nSPS) is 9.58. The summed E-state index contributed by atoms with van der Waals surface area (Å²) in [4.78, 5) is 15.8. The number of aromatic nitrogens is 1. The molecule has 0 spiro atoms. The first-order valence-electron chi connectivity index (χ1n) is 3.56. The van der Waals surface area contributed by atoms with Gasteiger partial charge in [0, 0.05) is 11.8 Å². The van der Waals surface area contributed by atoms with Crippen molar-refractivity contribution in [3.8, 4) is 0 Å². The summed E-state index contributed by atoms with van der Waals surface area (Å²) in [6.07, 6.45) is 0. The molecule has 1 aromatic heterocycles. The number of nitrogens with zero attached hydrogens (tertiary/aromatic N) is 1. The molecule has 0 aliphatic rings. The van der Waals surface area contributed by atoms with E-state index in [1.165, 1.54) is 18.3 Å². The zero-order valence-corrected chi connectivity index (χ0v) is 8.08. The summed E-state index contributed by atoms with van der Waals surface area (Å²) >= 11 is 1.52. The third-order valence-electron chi connectivity index (χ3n) is 1.37. The van der Waals surface area contributed by atoms with E-state index in [9.17, 15) is 4.79 Å². The minimum atomic E-state index is -0.125. The van der Waals surface area contributed by atoms with Crippen LogP contribution >= 0.6 is 11.3 Å². The monoisotopic (exact) mass is 185 g/mol. The van der Waals surface area contributed by atoms with E-state index in [4.69, 9.17) is 0 Å². The van der Waals surface area contributed by atoms with E-state index >= 15 is 0 Å². The molecule has 1 rings (SSSR count). The molecular formula is C7H11N3OS. The van der Waals surface area contributed by atoms with Crippen molar-refractivity contribution in [2.24, 2.45) is 0 Å². The van der Waals surface area contributed by atoms with E-state index in [1.807, 2.05) is 13.8 Å². The molecule has 0 fully saturated rings. The number of nitrogens with one attached hydrogen (secondary N) is 2. The van der Waals surface area contributed by atoms with Crippen LogP contribution in [0.3, 0.4) is 0 Å². The smallest absolute Gasteiger partial charge is 0.235 e. The minimum absolute atomic E-state index is 0.125. The van der Waals surface area contributed by atoms with E-state index in [0.717, 1.165) is 15.7 Å². The molecule has 0 saturated heterocycles. The molecule has 2 N–H and O–H groups in total. The minimum Gasteiger partial charge on any atom is -0.274 e. The molecule has 1 aromatic rings. The number of hydrogen-bond acceptors (Lipinski definition) is 4. The highest BCUT2D eigenvalue weighted by molar-refractivity contribution is 7.15. The van der Waals surface area contributed by atoms with Crippen LogP contribution in [0.4, 0.5) is 5.13 Å². The molecule has 0 atom stereocenters. The Morgan fingerprint density at radius 3 is 2.58 bits per heavy atom. The average molecular weight is 185 g/mol. The molecule has 1 heterocycles. The first kappa shape index (κ1) is 8.99. The molecule has 12 heavy (non-hydrogen) atoms. The van der Waals surface area contributed by atoms with Crippen molar-refractivity contribution in [2.75, 3.05) is 5.43 Å². The number of rotatable bonds is 2. The zero-order valence-electron chi connectivity index (χ0n) is 7.26. The largest absolute Gasteiger partial charge is 0.274 e. The van der Waals surface area contributed by atoms with E-state index in [1.54, 1.807) is 0 Å². The molecule has 66 valence electrons. The van der Waals surface area contributed by atoms with Gasteiger partial charge in [-0.2, -0.15) is 0 Å². The van der Waals surface area contributed by atoms with Crippen LogP contribution in [0.5, 0.6) is 0 Å². The van der Waals surface area contributed by atoms with Crippen molar-refractivity contribution < 1.29 is 4.79 Å². The number of carbonyl (C=O) groups is 1. The molecule has 0 radical (unpaired) electrons. The number of carbonyl (C=O) groups excluding carboxylic acids is 1. The summed E-state index contributed by atoms with van der Waals surface area (Å²) in [5.41, 5.74) is 6.17. The lowest BCUT2D eigenvalue weighted by molar-refractivity contribution is -0.118. The summed E-state index contributed by atoms with van der Waals surface area (Å²) in [7, 11) is 0. The van der Waals surface area contributed by atoms with Crippen LogP contribution in [0.1, 0.15) is 17.5 Å². The van der Waals surface area contributed by atoms with E-state index in [0.29, 0.717) is 0 Å². The lowest BCUT2D eigenvalue weighted by atomic mass is 10.4. The predicted molar refractivity (Wildman–Crippen MR) is 49.0 cm³/mol. The number of hydrazine groups is 1. The van der Waals surface area contributed by atoms with Gasteiger partial charge in [-0.1, -0.05) is 0 Å². The van der Waals surface area contributed by atoms with Crippen LogP contribution in [0.25, 0.3) is 0 Å². The van der Waals surface area contributed by atoms with Gasteiger partial charge in [-0.3, -0.25) is 15.6 Å². The Hall–Kier alpha value is -1.10. The topological polar surface area (TPSA) is 54.0 Å². The lowest BCUT2D eigenvalue weighted by Crippen LogP contribution is -2.26. The van der Waals surface area contributed by atoms with Crippen molar-refractivity contribution in [1.82, 2.24) is 10.4 Å². The quantitative estimate of drug-likeness (QED) is 0.681. The molecule has 0 aliphatic heterocycles. The molecular weight excluding hydrogens is 174 g/mol. The lowest BCUT2D eigenvalue weighted by Gasteiger charge is -1.99. The van der Waals surface area contributed by atoms with Crippen LogP contribution in [-0.2, 0) is 4.79 Å². The summed E-state index contributed by atoms with van der Waals surface area (Å²) in [5.74, 6) is -0.125. The fraction of sp³-hybridized carbons (Fsp3) is 0.429. The fourth-order valence-electron chi connectivity index (χ4n) is 0.668. The average Bonchev–Trinajstić information content (AvgIpc) is 2.28. The Kier molecular flexibility index (Phi) is 2.65. The van der Waals surface area contributed by atoms with E-state index in [-0.39, 0.29) is 5.91 Å². The number of thiazole rings is 1. The van der Waals surface area contributed by atoms with Gasteiger partial charge < -0.3 is 0 Å². The van der Waals surface area contributed by atoms with Crippen LogP contribution in [-0.4, -0.2) is 10.9 Å². The maximum Gasteiger partial charge on any atom is 0.235 e. The van der Waals surface area contributed by atoms with Crippen LogP contribution in [0, 0.1) is 13.8 Å². The second-order valence-corrected chi connectivity index (χ2v) is 3.67. The maximum atomic E-state index is 10.5. The van der Waals surface area contributed by atoms with Crippen molar-refractivity contribution in [3.63, 3.8) is 0 Å². The van der Waals surface area contributed by atoms with Gasteiger partial charge in [-0.25, -0.2) is 4.98 Å². The maximum absolute atomic E-state index is 10.5. The highest BCUT2D eigenvalue weighted by Crippen LogP contribution is 2.19. The van der Waals surface area contributed by atoms with Gasteiger partial charge in [0.25, 0.3) is 0 Å².